The number of carboxylic acid groups (broad SMARTS) is 1. The number of rotatable bonds is 4. The first-order valence-corrected chi connectivity index (χ1v) is 4.97. The van der Waals surface area contributed by atoms with E-state index in [-0.39, 0.29) is 11.8 Å². The van der Waals surface area contributed by atoms with Crippen LogP contribution in [0.3, 0.4) is 0 Å². The first kappa shape index (κ1) is 11.7. The lowest BCUT2D eigenvalue weighted by Gasteiger charge is -2.17. The molecule has 0 aliphatic carbocycles. The van der Waals surface area contributed by atoms with Crippen LogP contribution in [-0.4, -0.2) is 25.8 Å². The molecule has 0 saturated heterocycles. The van der Waals surface area contributed by atoms with Crippen molar-refractivity contribution in [1.82, 2.24) is 14.8 Å². The number of carboxylic acids is 1. The Hall–Kier alpha value is -1.39. The van der Waals surface area contributed by atoms with Gasteiger partial charge in [0.25, 0.3) is 0 Å². The third-order valence-corrected chi connectivity index (χ3v) is 1.95. The van der Waals surface area contributed by atoms with E-state index in [1.54, 1.807) is 10.9 Å². The fraction of sp³-hybridized carbons (Fsp3) is 0.700. The van der Waals surface area contributed by atoms with Gasteiger partial charge in [-0.25, -0.2) is 0 Å². The van der Waals surface area contributed by atoms with Gasteiger partial charge in [0.2, 0.25) is 0 Å². The van der Waals surface area contributed by atoms with Crippen LogP contribution in [-0.2, 0) is 17.8 Å². The van der Waals surface area contributed by atoms with Crippen LogP contribution in [0.2, 0.25) is 0 Å². The minimum atomic E-state index is -0.801. The van der Waals surface area contributed by atoms with E-state index in [0.29, 0.717) is 6.54 Å². The molecule has 84 valence electrons. The normalized spacial score (nSPS) is 11.7. The molecule has 5 heteroatoms. The average molecular weight is 211 g/mol. The summed E-state index contributed by atoms with van der Waals surface area (Å²) in [6.45, 7) is 6.78. The van der Waals surface area contributed by atoms with Crippen LogP contribution < -0.4 is 0 Å². The molecule has 0 radical (unpaired) electrons. The van der Waals surface area contributed by atoms with Gasteiger partial charge in [0.05, 0.1) is 6.42 Å². The highest BCUT2D eigenvalue weighted by atomic mass is 16.4. The molecule has 1 aromatic heterocycles. The van der Waals surface area contributed by atoms with Gasteiger partial charge in [0.1, 0.15) is 12.2 Å². The predicted octanol–water partition coefficient (Wildman–Crippen LogP) is 1.34. The molecular weight excluding hydrogens is 194 g/mol. The molecule has 1 aromatic rings. The fourth-order valence-electron chi connectivity index (χ4n) is 1.29. The Morgan fingerprint density at radius 2 is 2.20 bits per heavy atom. The van der Waals surface area contributed by atoms with Gasteiger partial charge in [-0.1, -0.05) is 20.8 Å². The van der Waals surface area contributed by atoms with E-state index in [1.807, 2.05) is 0 Å². The van der Waals surface area contributed by atoms with Crippen LogP contribution in [0.25, 0.3) is 0 Å². The minimum absolute atomic E-state index is 0.106. The van der Waals surface area contributed by atoms with Crippen LogP contribution in [0, 0.1) is 5.41 Å². The zero-order valence-corrected chi connectivity index (χ0v) is 9.40. The first-order chi connectivity index (χ1) is 6.88. The van der Waals surface area contributed by atoms with Crippen molar-refractivity contribution in [2.24, 2.45) is 5.41 Å². The molecule has 0 aromatic carbocycles. The number of hydrogen-bond acceptors (Lipinski definition) is 3. The number of aliphatic carboxylic acids is 1. The molecule has 0 fully saturated rings. The van der Waals surface area contributed by atoms with E-state index in [1.165, 1.54) is 0 Å². The lowest BCUT2D eigenvalue weighted by atomic mass is 9.92. The second-order valence-corrected chi connectivity index (χ2v) is 4.82. The topological polar surface area (TPSA) is 68.0 Å². The molecule has 5 nitrogen and oxygen atoms in total. The molecular formula is C10H17N3O2. The summed E-state index contributed by atoms with van der Waals surface area (Å²) in [4.78, 5) is 10.4. The Morgan fingerprint density at radius 3 is 2.73 bits per heavy atom. The first-order valence-electron chi connectivity index (χ1n) is 4.97. The van der Waals surface area contributed by atoms with Crippen LogP contribution in [0.5, 0.6) is 0 Å². The second-order valence-electron chi connectivity index (χ2n) is 4.82. The molecule has 1 rings (SSSR count). The summed E-state index contributed by atoms with van der Waals surface area (Å²) >= 11 is 0. The van der Waals surface area contributed by atoms with Crippen molar-refractivity contribution in [2.45, 2.75) is 40.2 Å². The SMILES string of the molecule is CC(C)(C)Cc1nncn1CCC(=O)O. The van der Waals surface area contributed by atoms with Crippen molar-refractivity contribution < 1.29 is 9.90 Å². The van der Waals surface area contributed by atoms with Gasteiger partial charge in [-0.3, -0.25) is 4.79 Å². The number of nitrogens with zero attached hydrogens (tertiary/aromatic N) is 3. The Morgan fingerprint density at radius 1 is 1.53 bits per heavy atom. The van der Waals surface area contributed by atoms with Crippen LogP contribution >= 0.6 is 0 Å². The van der Waals surface area contributed by atoms with E-state index in [9.17, 15) is 4.79 Å². The molecule has 0 unspecified atom stereocenters. The molecule has 0 atom stereocenters. The van der Waals surface area contributed by atoms with Gasteiger partial charge < -0.3 is 9.67 Å². The van der Waals surface area contributed by atoms with Crippen LogP contribution in [0.4, 0.5) is 0 Å². The summed E-state index contributed by atoms with van der Waals surface area (Å²) in [6.07, 6.45) is 2.49. The third kappa shape index (κ3) is 4.10. The van der Waals surface area contributed by atoms with Crippen molar-refractivity contribution >= 4 is 5.97 Å². The summed E-state index contributed by atoms with van der Waals surface area (Å²) in [5.74, 6) is 0.0501. The second kappa shape index (κ2) is 4.42. The van der Waals surface area contributed by atoms with Gasteiger partial charge >= 0.3 is 5.97 Å². The smallest absolute Gasteiger partial charge is 0.305 e. The third-order valence-electron chi connectivity index (χ3n) is 1.95. The van der Waals surface area contributed by atoms with Gasteiger partial charge in [-0.2, -0.15) is 0 Å². The number of hydrogen-bond donors (Lipinski definition) is 1. The average Bonchev–Trinajstić information content (AvgIpc) is 2.45. The van der Waals surface area contributed by atoms with E-state index in [4.69, 9.17) is 5.11 Å². The maximum atomic E-state index is 10.4. The number of aryl methyl sites for hydroxylation is 1. The zero-order valence-electron chi connectivity index (χ0n) is 9.40. The molecule has 1 heterocycles. The summed E-state index contributed by atoms with van der Waals surface area (Å²) in [6, 6.07) is 0. The molecule has 0 saturated carbocycles. The Bertz CT molecular complexity index is 339. The summed E-state index contributed by atoms with van der Waals surface area (Å²) in [5, 5.41) is 16.4. The highest BCUT2D eigenvalue weighted by Gasteiger charge is 2.16. The van der Waals surface area contributed by atoms with E-state index >= 15 is 0 Å². The lowest BCUT2D eigenvalue weighted by Crippen LogP contribution is -2.15. The van der Waals surface area contributed by atoms with Gasteiger partial charge in [-0.05, 0) is 5.41 Å². The largest absolute Gasteiger partial charge is 0.481 e. The number of aromatic nitrogens is 3. The highest BCUT2D eigenvalue weighted by Crippen LogP contribution is 2.18. The molecule has 0 spiro atoms. The summed E-state index contributed by atoms with van der Waals surface area (Å²) in [5.41, 5.74) is 0.133. The van der Waals surface area contributed by atoms with Gasteiger partial charge in [-0.15, -0.1) is 10.2 Å². The number of carbonyl (C=O) groups is 1. The summed E-state index contributed by atoms with van der Waals surface area (Å²) < 4.78 is 1.80. The van der Waals surface area contributed by atoms with E-state index < -0.39 is 5.97 Å². The molecule has 1 N–H and O–H groups in total. The Labute approximate surface area is 89.1 Å². The molecule has 0 bridgehead atoms. The van der Waals surface area contributed by atoms with Crippen LogP contribution in [0.15, 0.2) is 6.33 Å². The van der Waals surface area contributed by atoms with E-state index in [2.05, 4.69) is 31.0 Å². The molecule has 0 amide bonds. The van der Waals surface area contributed by atoms with Crippen molar-refractivity contribution in [3.8, 4) is 0 Å². The van der Waals surface area contributed by atoms with Crippen molar-refractivity contribution in [1.29, 1.82) is 0 Å². The maximum Gasteiger partial charge on any atom is 0.305 e. The standard InChI is InChI=1S/C10H17N3O2/c1-10(2,3)6-8-12-11-7-13(8)5-4-9(14)15/h7H,4-6H2,1-3H3,(H,14,15). The predicted molar refractivity (Wildman–Crippen MR) is 55.4 cm³/mol. The molecule has 0 aliphatic rings. The monoisotopic (exact) mass is 211 g/mol. The van der Waals surface area contributed by atoms with Crippen LogP contribution in [0.1, 0.15) is 33.0 Å². The van der Waals surface area contributed by atoms with E-state index in [0.717, 1.165) is 12.2 Å². The molecule has 0 aliphatic heterocycles. The van der Waals surface area contributed by atoms with Crippen molar-refractivity contribution in [2.75, 3.05) is 0 Å². The van der Waals surface area contributed by atoms with Crippen molar-refractivity contribution in [3.63, 3.8) is 0 Å². The molecule has 15 heavy (non-hydrogen) atoms. The zero-order chi connectivity index (χ0) is 11.5. The maximum absolute atomic E-state index is 10.4. The van der Waals surface area contributed by atoms with Gasteiger partial charge in [0, 0.05) is 13.0 Å². The lowest BCUT2D eigenvalue weighted by molar-refractivity contribution is -0.137. The Kier molecular flexibility index (Phi) is 3.44. The van der Waals surface area contributed by atoms with Gasteiger partial charge in [0.15, 0.2) is 0 Å². The summed E-state index contributed by atoms with van der Waals surface area (Å²) in [7, 11) is 0. The quantitative estimate of drug-likeness (QED) is 0.816. The fourth-order valence-corrected chi connectivity index (χ4v) is 1.29. The minimum Gasteiger partial charge on any atom is -0.481 e. The van der Waals surface area contributed by atoms with Crippen molar-refractivity contribution in [3.05, 3.63) is 12.2 Å². The Balaban J connectivity index is 2.65. The highest BCUT2D eigenvalue weighted by molar-refractivity contribution is 5.66.